The summed E-state index contributed by atoms with van der Waals surface area (Å²) in [6, 6.07) is 0.822. The fraction of sp³-hybridized carbons (Fsp3) is 0.800. The maximum Gasteiger partial charge on any atom is 0.308 e. The molecular weight excluding hydrogens is 356 g/mol. The molecule has 0 bridgehead atoms. The van der Waals surface area contributed by atoms with E-state index in [1.165, 1.54) is 25.7 Å². The van der Waals surface area contributed by atoms with Crippen molar-refractivity contribution in [3.05, 3.63) is 11.6 Å². The van der Waals surface area contributed by atoms with Crippen LogP contribution < -0.4 is 10.6 Å². The van der Waals surface area contributed by atoms with E-state index in [9.17, 15) is 4.79 Å². The zero-order valence-electron chi connectivity index (χ0n) is 17.4. The lowest BCUT2D eigenvalue weighted by molar-refractivity contribution is -0.149. The SMILES string of the molecule is CCOC(=O)C1CCC(NC(=NCc2nnc(C)n2C)NC2CCCC2)CC1. The molecule has 3 rings (SSSR count). The van der Waals surface area contributed by atoms with Gasteiger partial charge < -0.3 is 19.9 Å². The van der Waals surface area contributed by atoms with E-state index in [0.717, 1.165) is 43.3 Å². The van der Waals surface area contributed by atoms with Crippen LogP contribution in [-0.4, -0.2) is 45.4 Å². The zero-order chi connectivity index (χ0) is 19.9. The largest absolute Gasteiger partial charge is 0.466 e. The van der Waals surface area contributed by atoms with Crippen molar-refractivity contribution in [2.45, 2.75) is 83.8 Å². The molecule has 28 heavy (non-hydrogen) atoms. The van der Waals surface area contributed by atoms with Crippen LogP contribution in [0.5, 0.6) is 0 Å². The second-order valence-corrected chi connectivity index (χ2v) is 7.96. The summed E-state index contributed by atoms with van der Waals surface area (Å²) in [7, 11) is 1.97. The monoisotopic (exact) mass is 390 g/mol. The van der Waals surface area contributed by atoms with Gasteiger partial charge in [0.1, 0.15) is 12.4 Å². The molecule has 1 heterocycles. The number of hydrogen-bond acceptors (Lipinski definition) is 5. The van der Waals surface area contributed by atoms with E-state index >= 15 is 0 Å². The van der Waals surface area contributed by atoms with Crippen LogP contribution in [0.15, 0.2) is 4.99 Å². The predicted molar refractivity (Wildman–Crippen MR) is 108 cm³/mol. The molecule has 0 spiro atoms. The number of guanidine groups is 1. The van der Waals surface area contributed by atoms with E-state index in [-0.39, 0.29) is 11.9 Å². The molecule has 156 valence electrons. The summed E-state index contributed by atoms with van der Waals surface area (Å²) in [5, 5.41) is 15.5. The molecule has 0 radical (unpaired) electrons. The van der Waals surface area contributed by atoms with Crippen LogP contribution in [0.3, 0.4) is 0 Å². The molecule has 2 aliphatic carbocycles. The maximum atomic E-state index is 12.0. The van der Waals surface area contributed by atoms with Gasteiger partial charge in [0.15, 0.2) is 11.8 Å². The zero-order valence-corrected chi connectivity index (χ0v) is 17.4. The van der Waals surface area contributed by atoms with Crippen LogP contribution >= 0.6 is 0 Å². The Kier molecular flexibility index (Phi) is 7.28. The van der Waals surface area contributed by atoms with Gasteiger partial charge in [0.05, 0.1) is 12.5 Å². The molecule has 2 saturated carbocycles. The third-order valence-electron chi connectivity index (χ3n) is 5.95. The highest BCUT2D eigenvalue weighted by Crippen LogP contribution is 2.25. The normalized spacial score (nSPS) is 23.6. The summed E-state index contributed by atoms with van der Waals surface area (Å²) in [6.45, 7) is 4.76. The highest BCUT2D eigenvalue weighted by molar-refractivity contribution is 5.80. The van der Waals surface area contributed by atoms with Crippen LogP contribution in [0.25, 0.3) is 0 Å². The smallest absolute Gasteiger partial charge is 0.308 e. The Morgan fingerprint density at radius 3 is 2.32 bits per heavy atom. The summed E-state index contributed by atoms with van der Waals surface area (Å²) < 4.78 is 7.15. The van der Waals surface area contributed by atoms with E-state index in [4.69, 9.17) is 9.73 Å². The first-order valence-electron chi connectivity index (χ1n) is 10.7. The Morgan fingerprint density at radius 1 is 1.11 bits per heavy atom. The Bertz CT molecular complexity index is 672. The van der Waals surface area contributed by atoms with Gasteiger partial charge in [0.25, 0.3) is 0 Å². The summed E-state index contributed by atoms with van der Waals surface area (Å²) in [4.78, 5) is 16.7. The Morgan fingerprint density at radius 2 is 1.75 bits per heavy atom. The van der Waals surface area contributed by atoms with Crippen LogP contribution in [0.4, 0.5) is 0 Å². The van der Waals surface area contributed by atoms with Crippen molar-refractivity contribution < 1.29 is 9.53 Å². The van der Waals surface area contributed by atoms with E-state index in [0.29, 0.717) is 25.2 Å². The lowest BCUT2D eigenvalue weighted by atomic mass is 9.86. The molecule has 0 atom stereocenters. The van der Waals surface area contributed by atoms with Crippen molar-refractivity contribution in [3.63, 3.8) is 0 Å². The van der Waals surface area contributed by atoms with Crippen molar-refractivity contribution in [3.8, 4) is 0 Å². The first-order chi connectivity index (χ1) is 13.6. The highest BCUT2D eigenvalue weighted by Gasteiger charge is 2.28. The van der Waals surface area contributed by atoms with Gasteiger partial charge in [0, 0.05) is 19.1 Å². The number of nitrogens with zero attached hydrogens (tertiary/aromatic N) is 4. The molecule has 2 N–H and O–H groups in total. The second-order valence-electron chi connectivity index (χ2n) is 7.96. The van der Waals surface area contributed by atoms with E-state index < -0.39 is 0 Å². The number of carbonyl (C=O) groups excluding carboxylic acids is 1. The average molecular weight is 391 g/mol. The molecule has 0 unspecified atom stereocenters. The minimum absolute atomic E-state index is 0.0443. The lowest BCUT2D eigenvalue weighted by Crippen LogP contribution is -2.48. The summed E-state index contributed by atoms with van der Waals surface area (Å²) >= 11 is 0. The van der Waals surface area contributed by atoms with E-state index in [1.54, 1.807) is 0 Å². The van der Waals surface area contributed by atoms with E-state index in [1.807, 2.05) is 25.5 Å². The molecule has 1 aromatic rings. The molecular formula is C20H34N6O2. The van der Waals surface area contributed by atoms with Gasteiger partial charge in [-0.25, -0.2) is 4.99 Å². The molecule has 8 nitrogen and oxygen atoms in total. The Hall–Kier alpha value is -2.12. The molecule has 1 aromatic heterocycles. The first-order valence-corrected chi connectivity index (χ1v) is 10.7. The number of nitrogens with one attached hydrogen (secondary N) is 2. The van der Waals surface area contributed by atoms with Gasteiger partial charge in [-0.3, -0.25) is 4.79 Å². The van der Waals surface area contributed by atoms with Crippen molar-refractivity contribution in [1.29, 1.82) is 0 Å². The van der Waals surface area contributed by atoms with Gasteiger partial charge >= 0.3 is 5.97 Å². The Labute approximate surface area is 167 Å². The maximum absolute atomic E-state index is 12.0. The third kappa shape index (κ3) is 5.45. The summed E-state index contributed by atoms with van der Waals surface area (Å²) in [5.74, 6) is 2.60. The number of rotatable bonds is 6. The van der Waals surface area contributed by atoms with Crippen LogP contribution in [-0.2, 0) is 23.1 Å². The molecule has 8 heteroatoms. The van der Waals surface area contributed by atoms with Crippen LogP contribution in [0.1, 0.15) is 69.9 Å². The minimum atomic E-state index is -0.0448. The lowest BCUT2D eigenvalue weighted by Gasteiger charge is -2.30. The van der Waals surface area contributed by atoms with Crippen molar-refractivity contribution in [2.75, 3.05) is 6.61 Å². The molecule has 2 aliphatic rings. The molecule has 0 amide bonds. The molecule has 0 aliphatic heterocycles. The highest BCUT2D eigenvalue weighted by atomic mass is 16.5. The summed E-state index contributed by atoms with van der Waals surface area (Å²) in [6.07, 6.45) is 8.59. The molecule has 0 aromatic carbocycles. The molecule has 2 fully saturated rings. The number of esters is 1. The number of carbonyl (C=O) groups is 1. The molecule has 0 saturated heterocycles. The Balaban J connectivity index is 1.58. The van der Waals surface area contributed by atoms with Crippen LogP contribution in [0, 0.1) is 12.8 Å². The standard InChI is InChI=1S/C20H34N6O2/c1-4-28-19(27)15-9-11-17(12-10-15)23-20(22-16-7-5-6-8-16)21-13-18-25-24-14(2)26(18)3/h15-17H,4-13H2,1-3H3,(H2,21,22,23). The van der Waals surface area contributed by atoms with Gasteiger partial charge in [-0.1, -0.05) is 12.8 Å². The number of aliphatic imine (C=N–C) groups is 1. The summed E-state index contributed by atoms with van der Waals surface area (Å²) in [5.41, 5.74) is 0. The van der Waals surface area contributed by atoms with Gasteiger partial charge in [0.2, 0.25) is 0 Å². The first kappa shape index (κ1) is 20.6. The van der Waals surface area contributed by atoms with Crippen molar-refractivity contribution >= 4 is 11.9 Å². The van der Waals surface area contributed by atoms with Crippen molar-refractivity contribution in [2.24, 2.45) is 18.0 Å². The van der Waals surface area contributed by atoms with Gasteiger partial charge in [-0.15, -0.1) is 10.2 Å². The number of hydrogen-bond donors (Lipinski definition) is 2. The number of ether oxygens (including phenoxy) is 1. The fourth-order valence-electron chi connectivity index (χ4n) is 4.06. The average Bonchev–Trinajstić information content (AvgIpc) is 3.31. The van der Waals surface area contributed by atoms with Crippen LogP contribution in [0.2, 0.25) is 0 Å². The topological polar surface area (TPSA) is 93.4 Å². The number of aryl methyl sites for hydroxylation is 1. The quantitative estimate of drug-likeness (QED) is 0.439. The second kappa shape index (κ2) is 9.89. The van der Waals surface area contributed by atoms with E-state index in [2.05, 4.69) is 20.8 Å². The van der Waals surface area contributed by atoms with Gasteiger partial charge in [-0.2, -0.15) is 0 Å². The van der Waals surface area contributed by atoms with Gasteiger partial charge in [-0.05, 0) is 52.4 Å². The fourth-order valence-corrected chi connectivity index (χ4v) is 4.06. The number of aromatic nitrogens is 3. The minimum Gasteiger partial charge on any atom is -0.466 e. The van der Waals surface area contributed by atoms with Crippen molar-refractivity contribution in [1.82, 2.24) is 25.4 Å². The third-order valence-corrected chi connectivity index (χ3v) is 5.95. The predicted octanol–water partition coefficient (Wildman–Crippen LogP) is 2.22.